The SMILES string of the molecule is CC1(C)C=CC(c2ccc(C=O)cc2)=CC(C)(COS(C)(=O)=O)C=C1. The Hall–Kier alpha value is -1.98. The van der Waals surface area contributed by atoms with E-state index in [1.54, 1.807) is 12.1 Å². The van der Waals surface area contributed by atoms with Crippen LogP contribution in [-0.2, 0) is 14.3 Å². The van der Waals surface area contributed by atoms with Gasteiger partial charge in [-0.05, 0) is 11.1 Å². The quantitative estimate of drug-likeness (QED) is 0.452. The predicted molar refractivity (Wildman–Crippen MR) is 101 cm³/mol. The first kappa shape index (κ1) is 19.3. The van der Waals surface area contributed by atoms with Crippen LogP contribution in [0.1, 0.15) is 36.7 Å². The van der Waals surface area contributed by atoms with Crippen molar-refractivity contribution in [2.45, 2.75) is 20.8 Å². The number of rotatable bonds is 5. The fourth-order valence-electron chi connectivity index (χ4n) is 2.47. The second kappa shape index (κ2) is 7.10. The molecule has 2 rings (SSSR count). The van der Waals surface area contributed by atoms with Crippen molar-refractivity contribution in [2.24, 2.45) is 10.8 Å². The highest BCUT2D eigenvalue weighted by Crippen LogP contribution is 2.34. The lowest BCUT2D eigenvalue weighted by Crippen LogP contribution is -2.23. The molecule has 0 N–H and O–H groups in total. The summed E-state index contributed by atoms with van der Waals surface area (Å²) >= 11 is 0. The van der Waals surface area contributed by atoms with E-state index in [9.17, 15) is 13.2 Å². The maximum Gasteiger partial charge on any atom is 0.264 e. The van der Waals surface area contributed by atoms with Gasteiger partial charge >= 0.3 is 0 Å². The minimum atomic E-state index is -3.52. The van der Waals surface area contributed by atoms with Gasteiger partial charge in [0.25, 0.3) is 10.1 Å². The standard InChI is InChI=1S/C20H24O4S/c1-19(2)10-9-18(17-7-5-16(14-21)6-8-17)13-20(3,12-11-19)15-24-25(4,22)23/h5-14H,15H2,1-4H3. The molecule has 25 heavy (non-hydrogen) atoms. The molecular formula is C20H24O4S. The largest absolute Gasteiger partial charge is 0.298 e. The highest BCUT2D eigenvalue weighted by Gasteiger charge is 2.25. The summed E-state index contributed by atoms with van der Waals surface area (Å²) in [6, 6.07) is 7.30. The van der Waals surface area contributed by atoms with Crippen LogP contribution in [0, 0.1) is 10.8 Å². The summed E-state index contributed by atoms with van der Waals surface area (Å²) in [7, 11) is -3.52. The Balaban J connectivity index is 2.48. The van der Waals surface area contributed by atoms with Crippen LogP contribution in [0.4, 0.5) is 0 Å². The van der Waals surface area contributed by atoms with Crippen molar-refractivity contribution in [3.63, 3.8) is 0 Å². The highest BCUT2D eigenvalue weighted by molar-refractivity contribution is 7.85. The molecule has 1 atom stereocenters. The summed E-state index contributed by atoms with van der Waals surface area (Å²) in [6.07, 6.45) is 12.0. The third-order valence-electron chi connectivity index (χ3n) is 4.04. The van der Waals surface area contributed by atoms with E-state index < -0.39 is 15.5 Å². The number of benzene rings is 1. The van der Waals surface area contributed by atoms with Crippen LogP contribution in [-0.4, -0.2) is 27.6 Å². The monoisotopic (exact) mass is 360 g/mol. The number of hydrogen-bond donors (Lipinski definition) is 0. The van der Waals surface area contributed by atoms with Gasteiger partial charge in [-0.1, -0.05) is 75.4 Å². The highest BCUT2D eigenvalue weighted by atomic mass is 32.2. The van der Waals surface area contributed by atoms with E-state index in [-0.39, 0.29) is 12.0 Å². The van der Waals surface area contributed by atoms with E-state index in [1.807, 2.05) is 37.3 Å². The topological polar surface area (TPSA) is 60.4 Å². The zero-order valence-electron chi connectivity index (χ0n) is 15.0. The first-order valence-corrected chi connectivity index (χ1v) is 9.86. The van der Waals surface area contributed by atoms with Gasteiger partial charge in [0, 0.05) is 16.4 Å². The second-order valence-electron chi connectivity index (χ2n) is 7.30. The van der Waals surface area contributed by atoms with Crippen LogP contribution in [0.2, 0.25) is 0 Å². The molecule has 0 amide bonds. The molecule has 1 unspecified atom stereocenters. The lowest BCUT2D eigenvalue weighted by atomic mass is 9.80. The average molecular weight is 360 g/mol. The van der Waals surface area contributed by atoms with Crippen LogP contribution in [0.15, 0.2) is 54.6 Å². The van der Waals surface area contributed by atoms with Gasteiger partial charge in [-0.25, -0.2) is 0 Å². The molecule has 0 aliphatic heterocycles. The minimum absolute atomic E-state index is 0.0299. The number of aldehydes is 1. The molecule has 0 heterocycles. The maximum atomic E-state index is 11.4. The molecule has 0 spiro atoms. The van der Waals surface area contributed by atoms with E-state index in [0.29, 0.717) is 5.56 Å². The average Bonchev–Trinajstić information content (AvgIpc) is 2.54. The Bertz CT molecular complexity index is 827. The van der Waals surface area contributed by atoms with Crippen LogP contribution < -0.4 is 0 Å². The molecular weight excluding hydrogens is 336 g/mol. The second-order valence-corrected chi connectivity index (χ2v) is 8.94. The Morgan fingerprint density at radius 1 is 1.04 bits per heavy atom. The first-order chi connectivity index (χ1) is 11.5. The van der Waals surface area contributed by atoms with Crippen LogP contribution >= 0.6 is 0 Å². The molecule has 1 aromatic carbocycles. The molecule has 0 bridgehead atoms. The van der Waals surface area contributed by atoms with Gasteiger partial charge in [-0.3, -0.25) is 8.98 Å². The summed E-state index contributed by atoms with van der Waals surface area (Å²) in [4.78, 5) is 10.9. The zero-order valence-corrected chi connectivity index (χ0v) is 15.8. The van der Waals surface area contributed by atoms with E-state index in [1.165, 1.54) is 0 Å². The van der Waals surface area contributed by atoms with Gasteiger partial charge in [-0.2, -0.15) is 8.42 Å². The van der Waals surface area contributed by atoms with E-state index in [0.717, 1.165) is 23.7 Å². The van der Waals surface area contributed by atoms with Gasteiger partial charge < -0.3 is 0 Å². The number of carbonyl (C=O) groups excluding carboxylic acids is 1. The Morgan fingerprint density at radius 3 is 2.24 bits per heavy atom. The van der Waals surface area contributed by atoms with Crippen molar-refractivity contribution in [2.75, 3.05) is 12.9 Å². The lowest BCUT2D eigenvalue weighted by molar-refractivity contribution is 0.112. The van der Waals surface area contributed by atoms with Gasteiger partial charge in [0.2, 0.25) is 0 Å². The predicted octanol–water partition coefficient (Wildman–Crippen LogP) is 4.02. The van der Waals surface area contributed by atoms with Gasteiger partial charge in [-0.15, -0.1) is 0 Å². The van der Waals surface area contributed by atoms with Crippen molar-refractivity contribution in [3.05, 3.63) is 65.8 Å². The summed E-state index contributed by atoms with van der Waals surface area (Å²) < 4.78 is 27.9. The third-order valence-corrected chi connectivity index (χ3v) is 4.58. The molecule has 1 aliphatic rings. The zero-order chi connectivity index (χ0) is 18.7. The summed E-state index contributed by atoms with van der Waals surface area (Å²) in [6.45, 7) is 6.12. The smallest absolute Gasteiger partial charge is 0.264 e. The van der Waals surface area contributed by atoms with Crippen molar-refractivity contribution in [3.8, 4) is 0 Å². The maximum absolute atomic E-state index is 11.4. The van der Waals surface area contributed by atoms with Crippen molar-refractivity contribution < 1.29 is 17.4 Å². The number of allylic oxidation sites excluding steroid dienone is 4. The molecule has 0 fully saturated rings. The number of hydrogen-bond acceptors (Lipinski definition) is 4. The fraction of sp³-hybridized carbons (Fsp3) is 0.350. The Labute approximate surface area is 150 Å². The van der Waals surface area contributed by atoms with Crippen LogP contribution in [0.5, 0.6) is 0 Å². The summed E-state index contributed by atoms with van der Waals surface area (Å²) in [5.74, 6) is 0. The molecule has 0 saturated heterocycles. The van der Waals surface area contributed by atoms with Crippen molar-refractivity contribution in [1.29, 1.82) is 0 Å². The molecule has 1 aromatic rings. The van der Waals surface area contributed by atoms with Crippen LogP contribution in [0.25, 0.3) is 5.57 Å². The fourth-order valence-corrected chi connectivity index (χ4v) is 2.94. The Kier molecular flexibility index (Phi) is 5.49. The summed E-state index contributed by atoms with van der Waals surface area (Å²) in [5, 5.41) is 0. The lowest BCUT2D eigenvalue weighted by Gasteiger charge is -2.27. The molecule has 0 radical (unpaired) electrons. The van der Waals surface area contributed by atoms with Crippen LogP contribution in [0.3, 0.4) is 0 Å². The van der Waals surface area contributed by atoms with Gasteiger partial charge in [0.15, 0.2) is 0 Å². The molecule has 0 saturated carbocycles. The molecule has 5 heteroatoms. The molecule has 1 aliphatic carbocycles. The van der Waals surface area contributed by atoms with Crippen molar-refractivity contribution >= 4 is 22.0 Å². The van der Waals surface area contributed by atoms with Gasteiger partial charge in [0.05, 0.1) is 12.9 Å². The molecule has 134 valence electrons. The number of carbonyl (C=O) groups is 1. The third kappa shape index (κ3) is 5.80. The van der Waals surface area contributed by atoms with E-state index in [4.69, 9.17) is 4.18 Å². The van der Waals surface area contributed by atoms with E-state index in [2.05, 4.69) is 26.0 Å². The normalized spacial score (nSPS) is 22.8. The Morgan fingerprint density at radius 2 is 1.68 bits per heavy atom. The van der Waals surface area contributed by atoms with Crippen molar-refractivity contribution in [1.82, 2.24) is 0 Å². The first-order valence-electron chi connectivity index (χ1n) is 8.04. The minimum Gasteiger partial charge on any atom is -0.298 e. The molecule has 0 aromatic heterocycles. The van der Waals surface area contributed by atoms with Gasteiger partial charge in [0.1, 0.15) is 6.29 Å². The summed E-state index contributed by atoms with van der Waals surface area (Å²) in [5.41, 5.74) is 1.77. The molecule has 4 nitrogen and oxygen atoms in total. The van der Waals surface area contributed by atoms with E-state index >= 15 is 0 Å².